The Balaban J connectivity index is 2.45. The van der Waals surface area contributed by atoms with E-state index in [4.69, 9.17) is 9.47 Å². The van der Waals surface area contributed by atoms with Crippen molar-refractivity contribution in [1.82, 2.24) is 4.90 Å². The summed E-state index contributed by atoms with van der Waals surface area (Å²) in [6.45, 7) is 10.9. The molecule has 0 N–H and O–H groups in total. The summed E-state index contributed by atoms with van der Waals surface area (Å²) in [5, 5.41) is 0. The van der Waals surface area contributed by atoms with Crippen LogP contribution in [0.15, 0.2) is 0 Å². The lowest BCUT2D eigenvalue weighted by atomic mass is 9.99. The first-order valence-corrected chi connectivity index (χ1v) is 8.99. The summed E-state index contributed by atoms with van der Waals surface area (Å²) in [6.07, 6.45) is 3.70. The molecule has 0 radical (unpaired) electrons. The lowest BCUT2D eigenvalue weighted by molar-refractivity contribution is -0.169. The van der Waals surface area contributed by atoms with Crippen molar-refractivity contribution in [2.24, 2.45) is 5.92 Å². The molecule has 0 aromatic heterocycles. The van der Waals surface area contributed by atoms with E-state index in [1.165, 1.54) is 0 Å². The second-order valence-electron chi connectivity index (χ2n) is 6.86. The average molecular weight is 327 g/mol. The molecule has 1 heterocycles. The van der Waals surface area contributed by atoms with Gasteiger partial charge in [-0.3, -0.25) is 4.79 Å². The normalized spacial score (nSPS) is 21.1. The molecule has 5 heteroatoms. The first-order chi connectivity index (χ1) is 10.9. The zero-order valence-electron chi connectivity index (χ0n) is 15.3. The van der Waals surface area contributed by atoms with Crippen LogP contribution in [0.1, 0.15) is 66.7 Å². The molecule has 1 amide bonds. The molecule has 0 aromatic carbocycles. The number of esters is 1. The topological polar surface area (TPSA) is 55.8 Å². The van der Waals surface area contributed by atoms with E-state index < -0.39 is 18.2 Å². The molecule has 3 atom stereocenters. The van der Waals surface area contributed by atoms with Gasteiger partial charge in [-0.15, -0.1) is 0 Å². The Morgan fingerprint density at radius 2 is 1.83 bits per heavy atom. The molecule has 0 aliphatic carbocycles. The smallest absolute Gasteiger partial charge is 0.335 e. The van der Waals surface area contributed by atoms with Gasteiger partial charge in [-0.05, 0) is 51.9 Å². The van der Waals surface area contributed by atoms with Crippen molar-refractivity contribution in [3.05, 3.63) is 0 Å². The van der Waals surface area contributed by atoms with Gasteiger partial charge in [0, 0.05) is 19.2 Å². The van der Waals surface area contributed by atoms with E-state index in [0.717, 1.165) is 38.6 Å². The zero-order valence-corrected chi connectivity index (χ0v) is 15.3. The van der Waals surface area contributed by atoms with Crippen molar-refractivity contribution in [2.75, 3.05) is 13.2 Å². The van der Waals surface area contributed by atoms with Gasteiger partial charge >= 0.3 is 5.97 Å². The van der Waals surface area contributed by atoms with Gasteiger partial charge in [0.15, 0.2) is 12.2 Å². The number of carbonyl (C=O) groups is 2. The fourth-order valence-electron chi connectivity index (χ4n) is 2.82. The minimum Gasteiger partial charge on any atom is -0.451 e. The molecule has 134 valence electrons. The summed E-state index contributed by atoms with van der Waals surface area (Å²) in [4.78, 5) is 26.5. The lowest BCUT2D eigenvalue weighted by Crippen LogP contribution is -2.48. The zero-order chi connectivity index (χ0) is 17.4. The Morgan fingerprint density at radius 3 is 2.43 bits per heavy atom. The van der Waals surface area contributed by atoms with Gasteiger partial charge in [-0.1, -0.05) is 20.8 Å². The van der Waals surface area contributed by atoms with Crippen LogP contribution in [0.5, 0.6) is 0 Å². The van der Waals surface area contributed by atoms with Gasteiger partial charge in [0.1, 0.15) is 0 Å². The van der Waals surface area contributed by atoms with Gasteiger partial charge in [0.2, 0.25) is 0 Å². The van der Waals surface area contributed by atoms with Crippen molar-refractivity contribution in [2.45, 2.75) is 85.0 Å². The van der Waals surface area contributed by atoms with E-state index in [1.807, 2.05) is 4.90 Å². The maximum absolute atomic E-state index is 12.5. The molecular weight excluding hydrogens is 294 g/mol. The fourth-order valence-corrected chi connectivity index (χ4v) is 2.82. The Hall–Kier alpha value is -1.10. The number of hydrogen-bond donors (Lipinski definition) is 0. The van der Waals surface area contributed by atoms with Crippen LogP contribution >= 0.6 is 0 Å². The summed E-state index contributed by atoms with van der Waals surface area (Å²) < 4.78 is 10.8. The Bertz CT molecular complexity index is 383. The van der Waals surface area contributed by atoms with Crippen LogP contribution in [0.25, 0.3) is 0 Å². The summed E-state index contributed by atoms with van der Waals surface area (Å²) in [7, 11) is 0. The highest BCUT2D eigenvalue weighted by Gasteiger charge is 2.31. The Kier molecular flexibility index (Phi) is 8.59. The third-order valence-electron chi connectivity index (χ3n) is 4.42. The lowest BCUT2D eigenvalue weighted by Gasteiger charge is -2.36. The number of nitrogens with zero attached hydrogens (tertiary/aromatic N) is 1. The fraction of sp³-hybridized carbons (Fsp3) is 0.889. The molecule has 0 aromatic rings. The number of carbonyl (C=O) groups excluding carboxylic acids is 2. The highest BCUT2D eigenvalue weighted by atomic mass is 16.6. The minimum absolute atomic E-state index is 0.0840. The molecule has 0 bridgehead atoms. The summed E-state index contributed by atoms with van der Waals surface area (Å²) in [5.74, 6) is -0.0113. The maximum Gasteiger partial charge on any atom is 0.335 e. The number of amides is 1. The average Bonchev–Trinajstić information content (AvgIpc) is 2.53. The quantitative estimate of drug-likeness (QED) is 0.643. The Morgan fingerprint density at radius 1 is 1.13 bits per heavy atom. The molecule has 1 fully saturated rings. The SMILES string of the molecule is CCC1CCCCN1C(=O)C(C)OC(=O)C(C)OCCC(C)C. The van der Waals surface area contributed by atoms with E-state index >= 15 is 0 Å². The minimum atomic E-state index is -0.745. The molecule has 1 rings (SSSR count). The molecule has 1 aliphatic rings. The van der Waals surface area contributed by atoms with Crippen LogP contribution in [0.4, 0.5) is 0 Å². The second kappa shape index (κ2) is 9.91. The van der Waals surface area contributed by atoms with Crippen LogP contribution < -0.4 is 0 Å². The first kappa shape index (κ1) is 19.9. The number of rotatable bonds is 8. The molecule has 3 unspecified atom stereocenters. The highest BCUT2D eigenvalue weighted by Crippen LogP contribution is 2.21. The highest BCUT2D eigenvalue weighted by molar-refractivity contribution is 5.84. The van der Waals surface area contributed by atoms with Crippen molar-refractivity contribution in [3.63, 3.8) is 0 Å². The van der Waals surface area contributed by atoms with E-state index in [2.05, 4.69) is 20.8 Å². The third-order valence-corrected chi connectivity index (χ3v) is 4.42. The van der Waals surface area contributed by atoms with Gasteiger partial charge in [-0.2, -0.15) is 0 Å². The largest absolute Gasteiger partial charge is 0.451 e. The van der Waals surface area contributed by atoms with Crippen molar-refractivity contribution < 1.29 is 19.1 Å². The molecule has 0 saturated carbocycles. The van der Waals surface area contributed by atoms with Gasteiger partial charge in [0.05, 0.1) is 0 Å². The van der Waals surface area contributed by atoms with Gasteiger partial charge in [0.25, 0.3) is 5.91 Å². The van der Waals surface area contributed by atoms with Gasteiger partial charge < -0.3 is 14.4 Å². The number of hydrogen-bond acceptors (Lipinski definition) is 4. The van der Waals surface area contributed by atoms with Crippen molar-refractivity contribution >= 4 is 11.9 Å². The molecule has 23 heavy (non-hydrogen) atoms. The number of ether oxygens (including phenoxy) is 2. The van der Waals surface area contributed by atoms with Gasteiger partial charge in [-0.25, -0.2) is 4.79 Å². The Labute approximate surface area is 140 Å². The molecule has 0 spiro atoms. The predicted octanol–water partition coefficient (Wildman–Crippen LogP) is 3.16. The van der Waals surface area contributed by atoms with Crippen LogP contribution in [0, 0.1) is 5.92 Å². The third kappa shape index (κ3) is 6.50. The molecular formula is C18H33NO4. The van der Waals surface area contributed by atoms with E-state index in [0.29, 0.717) is 12.5 Å². The monoisotopic (exact) mass is 327 g/mol. The van der Waals surface area contributed by atoms with Crippen molar-refractivity contribution in [1.29, 1.82) is 0 Å². The summed E-state index contributed by atoms with van der Waals surface area (Å²) in [5.41, 5.74) is 0. The molecule has 1 aliphatic heterocycles. The summed E-state index contributed by atoms with van der Waals surface area (Å²) in [6, 6.07) is 0.275. The molecule has 1 saturated heterocycles. The summed E-state index contributed by atoms with van der Waals surface area (Å²) >= 11 is 0. The van der Waals surface area contributed by atoms with E-state index in [-0.39, 0.29) is 11.9 Å². The molecule has 5 nitrogen and oxygen atoms in total. The van der Waals surface area contributed by atoms with Crippen LogP contribution in [0.2, 0.25) is 0 Å². The van der Waals surface area contributed by atoms with Crippen molar-refractivity contribution in [3.8, 4) is 0 Å². The second-order valence-corrected chi connectivity index (χ2v) is 6.86. The van der Waals surface area contributed by atoms with Crippen LogP contribution in [-0.2, 0) is 19.1 Å². The van der Waals surface area contributed by atoms with Crippen LogP contribution in [-0.4, -0.2) is 48.2 Å². The predicted molar refractivity (Wildman–Crippen MR) is 90.1 cm³/mol. The van der Waals surface area contributed by atoms with E-state index in [9.17, 15) is 9.59 Å². The first-order valence-electron chi connectivity index (χ1n) is 8.99. The standard InChI is InChI=1S/C18H33NO4/c1-6-16-9-7-8-11-19(16)17(20)14(4)23-18(21)15(5)22-12-10-13(2)3/h13-16H,6-12H2,1-5H3. The number of piperidine rings is 1. The van der Waals surface area contributed by atoms with E-state index in [1.54, 1.807) is 13.8 Å². The van der Waals surface area contributed by atoms with Crippen LogP contribution in [0.3, 0.4) is 0 Å². The maximum atomic E-state index is 12.5. The number of likely N-dealkylation sites (tertiary alicyclic amines) is 1.